The molecule has 0 atom stereocenters. The predicted molar refractivity (Wildman–Crippen MR) is 80.4 cm³/mol. The minimum Gasteiger partial charge on any atom is -0.267 e. The Bertz CT molecular complexity index is 782. The molecule has 0 saturated heterocycles. The summed E-state index contributed by atoms with van der Waals surface area (Å²) >= 11 is 5.36. The molecule has 0 unspecified atom stereocenters. The highest BCUT2D eigenvalue weighted by atomic mass is 32.1. The minimum atomic E-state index is 0.577. The number of H-pyrrole nitrogens is 1. The zero-order chi connectivity index (χ0) is 14.1. The molecule has 0 radical (unpaired) electrons. The maximum Gasteiger partial charge on any atom is 0.200 e. The van der Waals surface area contributed by atoms with Crippen LogP contribution in [0, 0.1) is 11.7 Å². The number of benzene rings is 1. The van der Waals surface area contributed by atoms with Gasteiger partial charge in [-0.15, -0.1) is 0 Å². The molecule has 102 valence electrons. The van der Waals surface area contributed by atoms with Gasteiger partial charge in [-0.2, -0.15) is 10.2 Å². The molecule has 5 nitrogen and oxygen atoms in total. The van der Waals surface area contributed by atoms with E-state index in [1.54, 1.807) is 0 Å². The molecule has 3 rings (SSSR count). The summed E-state index contributed by atoms with van der Waals surface area (Å²) in [6, 6.07) is 12.0. The molecule has 2 heterocycles. The second-order valence-electron chi connectivity index (χ2n) is 4.51. The SMILES string of the molecule is CCn1nc(C)cc1-c1n[nH]c(=S)n1-c1ccccc1. The van der Waals surface area contributed by atoms with Crippen molar-refractivity contribution in [2.45, 2.75) is 20.4 Å². The van der Waals surface area contributed by atoms with Crippen LogP contribution in [0.15, 0.2) is 36.4 Å². The van der Waals surface area contributed by atoms with Gasteiger partial charge >= 0.3 is 0 Å². The summed E-state index contributed by atoms with van der Waals surface area (Å²) in [6.45, 7) is 4.82. The summed E-state index contributed by atoms with van der Waals surface area (Å²) in [5, 5.41) is 11.7. The van der Waals surface area contributed by atoms with E-state index < -0.39 is 0 Å². The van der Waals surface area contributed by atoms with E-state index in [0.717, 1.165) is 29.4 Å². The molecule has 0 bridgehead atoms. The number of nitrogens with zero attached hydrogens (tertiary/aromatic N) is 4. The van der Waals surface area contributed by atoms with Crippen molar-refractivity contribution < 1.29 is 0 Å². The first kappa shape index (κ1) is 12.8. The van der Waals surface area contributed by atoms with Gasteiger partial charge in [0.05, 0.1) is 11.4 Å². The summed E-state index contributed by atoms with van der Waals surface area (Å²) in [5.74, 6) is 0.781. The topological polar surface area (TPSA) is 51.4 Å². The van der Waals surface area contributed by atoms with Crippen LogP contribution in [0.2, 0.25) is 0 Å². The number of hydrogen-bond acceptors (Lipinski definition) is 3. The number of nitrogens with one attached hydrogen (secondary N) is 1. The first-order chi connectivity index (χ1) is 9.70. The molecule has 0 aliphatic carbocycles. The average Bonchev–Trinajstić information content (AvgIpc) is 3.02. The Kier molecular flexibility index (Phi) is 3.23. The quantitative estimate of drug-likeness (QED) is 0.752. The Morgan fingerprint density at radius 1 is 1.25 bits per heavy atom. The van der Waals surface area contributed by atoms with Crippen molar-refractivity contribution in [3.8, 4) is 17.2 Å². The lowest BCUT2D eigenvalue weighted by atomic mass is 10.3. The van der Waals surface area contributed by atoms with Crippen molar-refractivity contribution in [1.82, 2.24) is 24.5 Å². The lowest BCUT2D eigenvalue weighted by Gasteiger charge is -2.07. The Morgan fingerprint density at radius 2 is 2.00 bits per heavy atom. The van der Waals surface area contributed by atoms with E-state index >= 15 is 0 Å². The van der Waals surface area contributed by atoms with Gasteiger partial charge in [-0.25, -0.2) is 0 Å². The summed E-state index contributed by atoms with van der Waals surface area (Å²) in [4.78, 5) is 0. The molecule has 0 saturated carbocycles. The third-order valence-electron chi connectivity index (χ3n) is 3.12. The highest BCUT2D eigenvalue weighted by Gasteiger charge is 2.15. The standard InChI is InChI=1S/C14H15N5S/c1-3-18-12(9-10(2)17-18)13-15-16-14(20)19(13)11-7-5-4-6-8-11/h4-9H,3H2,1-2H3,(H,16,20). The number of hydrogen-bond donors (Lipinski definition) is 1. The Balaban J connectivity index is 2.24. The molecule has 20 heavy (non-hydrogen) atoms. The summed E-state index contributed by atoms with van der Waals surface area (Å²) in [5.41, 5.74) is 2.92. The van der Waals surface area contributed by atoms with Crippen LogP contribution in [-0.2, 0) is 6.54 Å². The molecule has 1 N–H and O–H groups in total. The first-order valence-electron chi connectivity index (χ1n) is 6.48. The first-order valence-corrected chi connectivity index (χ1v) is 6.89. The summed E-state index contributed by atoms with van der Waals surface area (Å²) in [7, 11) is 0. The molecule has 0 spiro atoms. The van der Waals surface area contributed by atoms with Gasteiger partial charge in [-0.3, -0.25) is 14.3 Å². The monoisotopic (exact) mass is 285 g/mol. The van der Waals surface area contributed by atoms with Crippen molar-refractivity contribution in [2.24, 2.45) is 0 Å². The van der Waals surface area contributed by atoms with Gasteiger partial charge in [-0.05, 0) is 44.3 Å². The van der Waals surface area contributed by atoms with E-state index in [-0.39, 0.29) is 0 Å². The number of para-hydroxylation sites is 1. The zero-order valence-electron chi connectivity index (χ0n) is 11.4. The van der Waals surface area contributed by atoms with Crippen molar-refractivity contribution in [3.05, 3.63) is 46.9 Å². The highest BCUT2D eigenvalue weighted by molar-refractivity contribution is 7.71. The van der Waals surface area contributed by atoms with Gasteiger partial charge in [0.15, 0.2) is 10.6 Å². The van der Waals surface area contributed by atoms with Gasteiger partial charge in [-0.1, -0.05) is 18.2 Å². The molecule has 3 aromatic rings. The van der Waals surface area contributed by atoms with Crippen LogP contribution >= 0.6 is 12.2 Å². The van der Waals surface area contributed by atoms with Gasteiger partial charge in [0, 0.05) is 6.54 Å². The molecular weight excluding hydrogens is 270 g/mol. The molecule has 0 fully saturated rings. The molecule has 2 aromatic heterocycles. The van der Waals surface area contributed by atoms with Crippen molar-refractivity contribution in [1.29, 1.82) is 0 Å². The Labute approximate surface area is 121 Å². The normalized spacial score (nSPS) is 10.9. The van der Waals surface area contributed by atoms with E-state index in [0.29, 0.717) is 4.77 Å². The van der Waals surface area contributed by atoms with Gasteiger partial charge in [0.25, 0.3) is 0 Å². The van der Waals surface area contributed by atoms with E-state index in [4.69, 9.17) is 12.2 Å². The van der Waals surface area contributed by atoms with Crippen LogP contribution < -0.4 is 0 Å². The van der Waals surface area contributed by atoms with E-state index in [1.165, 1.54) is 0 Å². The van der Waals surface area contributed by atoms with E-state index in [9.17, 15) is 0 Å². The fourth-order valence-corrected chi connectivity index (χ4v) is 2.49. The second kappa shape index (κ2) is 5.05. The third-order valence-corrected chi connectivity index (χ3v) is 3.39. The lowest BCUT2D eigenvalue weighted by Crippen LogP contribution is -2.04. The number of aryl methyl sites for hydroxylation is 2. The van der Waals surface area contributed by atoms with Crippen molar-refractivity contribution in [2.75, 3.05) is 0 Å². The number of aromatic amines is 1. The Morgan fingerprint density at radius 3 is 2.70 bits per heavy atom. The zero-order valence-corrected chi connectivity index (χ0v) is 12.2. The fourth-order valence-electron chi connectivity index (χ4n) is 2.25. The van der Waals surface area contributed by atoms with Crippen LogP contribution in [-0.4, -0.2) is 24.5 Å². The van der Waals surface area contributed by atoms with Crippen LogP contribution in [0.1, 0.15) is 12.6 Å². The van der Waals surface area contributed by atoms with E-state index in [2.05, 4.69) is 22.2 Å². The summed E-state index contributed by atoms with van der Waals surface area (Å²) < 4.78 is 4.44. The minimum absolute atomic E-state index is 0.577. The van der Waals surface area contributed by atoms with Crippen LogP contribution in [0.25, 0.3) is 17.2 Å². The maximum absolute atomic E-state index is 5.36. The van der Waals surface area contributed by atoms with Gasteiger partial charge < -0.3 is 0 Å². The van der Waals surface area contributed by atoms with E-state index in [1.807, 2.05) is 52.6 Å². The second-order valence-corrected chi connectivity index (χ2v) is 4.90. The maximum atomic E-state index is 5.36. The molecule has 0 amide bonds. The lowest BCUT2D eigenvalue weighted by molar-refractivity contribution is 0.656. The molecule has 0 aliphatic heterocycles. The highest BCUT2D eigenvalue weighted by Crippen LogP contribution is 2.22. The fraction of sp³-hybridized carbons (Fsp3) is 0.214. The summed E-state index contributed by atoms with van der Waals surface area (Å²) in [6.07, 6.45) is 0. The number of aromatic nitrogens is 5. The van der Waals surface area contributed by atoms with Crippen LogP contribution in [0.5, 0.6) is 0 Å². The van der Waals surface area contributed by atoms with Gasteiger partial charge in [0.1, 0.15) is 5.69 Å². The van der Waals surface area contributed by atoms with Crippen molar-refractivity contribution >= 4 is 12.2 Å². The number of rotatable bonds is 3. The third kappa shape index (κ3) is 2.08. The van der Waals surface area contributed by atoms with Gasteiger partial charge in [0.2, 0.25) is 0 Å². The predicted octanol–water partition coefficient (Wildman–Crippen LogP) is 3.12. The molecular formula is C14H15N5S. The smallest absolute Gasteiger partial charge is 0.200 e. The Hall–Kier alpha value is -2.21. The molecule has 0 aliphatic rings. The van der Waals surface area contributed by atoms with Crippen molar-refractivity contribution in [3.63, 3.8) is 0 Å². The van der Waals surface area contributed by atoms with Crippen LogP contribution in [0.4, 0.5) is 0 Å². The van der Waals surface area contributed by atoms with Crippen LogP contribution in [0.3, 0.4) is 0 Å². The molecule has 1 aromatic carbocycles. The largest absolute Gasteiger partial charge is 0.267 e. The molecule has 6 heteroatoms. The average molecular weight is 285 g/mol.